The lowest BCUT2D eigenvalue weighted by Crippen LogP contribution is -2.53. The number of nitrogens with one attached hydrogen (secondary N) is 1. The first-order valence-corrected chi connectivity index (χ1v) is 4.84. The maximum absolute atomic E-state index is 11.4. The molecule has 3 atom stereocenters. The standard InChI is InChI=1S/C10H17NO/c1-6-7-4-5-8(10(7,2)3)11-9(6)12/h6-8H,4-5H2,1-3H3,(H,11,12). The summed E-state index contributed by atoms with van der Waals surface area (Å²) in [6, 6.07) is 0.436. The highest BCUT2D eigenvalue weighted by Crippen LogP contribution is 2.49. The summed E-state index contributed by atoms with van der Waals surface area (Å²) >= 11 is 0. The molecule has 12 heavy (non-hydrogen) atoms. The molecular formula is C10H17NO. The third kappa shape index (κ3) is 0.838. The van der Waals surface area contributed by atoms with Crippen molar-refractivity contribution < 1.29 is 4.79 Å². The molecule has 0 aromatic rings. The molecule has 2 bridgehead atoms. The Morgan fingerprint density at radius 3 is 2.75 bits per heavy atom. The molecule has 0 radical (unpaired) electrons. The van der Waals surface area contributed by atoms with Crippen LogP contribution in [0.15, 0.2) is 0 Å². The van der Waals surface area contributed by atoms with Crippen LogP contribution >= 0.6 is 0 Å². The van der Waals surface area contributed by atoms with Crippen LogP contribution in [0.5, 0.6) is 0 Å². The number of carbonyl (C=O) groups is 1. The van der Waals surface area contributed by atoms with Crippen molar-refractivity contribution in [3.8, 4) is 0 Å². The highest BCUT2D eigenvalue weighted by molar-refractivity contribution is 5.80. The molecule has 0 spiro atoms. The zero-order valence-corrected chi connectivity index (χ0v) is 8.05. The number of rotatable bonds is 0. The van der Waals surface area contributed by atoms with E-state index in [0.717, 1.165) is 0 Å². The van der Waals surface area contributed by atoms with E-state index >= 15 is 0 Å². The van der Waals surface area contributed by atoms with Crippen molar-refractivity contribution in [1.82, 2.24) is 5.32 Å². The van der Waals surface area contributed by atoms with Gasteiger partial charge < -0.3 is 5.32 Å². The topological polar surface area (TPSA) is 29.1 Å². The molecule has 1 aliphatic carbocycles. The number of carbonyl (C=O) groups excluding carboxylic acids is 1. The summed E-state index contributed by atoms with van der Waals surface area (Å²) in [5.41, 5.74) is 0.327. The van der Waals surface area contributed by atoms with Crippen LogP contribution < -0.4 is 5.32 Å². The third-order valence-electron chi connectivity index (χ3n) is 3.95. The Morgan fingerprint density at radius 1 is 1.42 bits per heavy atom. The van der Waals surface area contributed by atoms with Gasteiger partial charge in [0.2, 0.25) is 5.91 Å². The Kier molecular flexibility index (Phi) is 1.51. The van der Waals surface area contributed by atoms with Crippen LogP contribution in [0, 0.1) is 17.3 Å². The van der Waals surface area contributed by atoms with Gasteiger partial charge in [-0.2, -0.15) is 0 Å². The van der Waals surface area contributed by atoms with Gasteiger partial charge >= 0.3 is 0 Å². The first kappa shape index (κ1) is 8.09. The summed E-state index contributed by atoms with van der Waals surface area (Å²) in [4.78, 5) is 11.4. The van der Waals surface area contributed by atoms with E-state index in [9.17, 15) is 4.79 Å². The molecule has 1 heterocycles. The molecule has 1 saturated heterocycles. The number of hydrogen-bond acceptors (Lipinski definition) is 1. The minimum absolute atomic E-state index is 0.221. The number of amides is 1. The van der Waals surface area contributed by atoms with Gasteiger partial charge in [-0.25, -0.2) is 0 Å². The zero-order chi connectivity index (χ0) is 8.93. The van der Waals surface area contributed by atoms with Gasteiger partial charge in [0.1, 0.15) is 0 Å². The molecule has 2 nitrogen and oxygen atoms in total. The van der Waals surface area contributed by atoms with Gasteiger partial charge in [0.25, 0.3) is 0 Å². The van der Waals surface area contributed by atoms with Gasteiger partial charge in [-0.3, -0.25) is 4.79 Å². The lowest BCUT2D eigenvalue weighted by Gasteiger charge is -2.41. The van der Waals surface area contributed by atoms with Crippen molar-refractivity contribution in [2.45, 2.75) is 39.7 Å². The lowest BCUT2D eigenvalue weighted by atomic mass is 9.70. The Bertz CT molecular complexity index is 222. The molecule has 1 aliphatic heterocycles. The van der Waals surface area contributed by atoms with Crippen molar-refractivity contribution >= 4 is 5.91 Å². The average Bonchev–Trinajstić information content (AvgIpc) is 2.14. The molecule has 2 fully saturated rings. The van der Waals surface area contributed by atoms with Crippen LogP contribution in [-0.4, -0.2) is 11.9 Å². The van der Waals surface area contributed by atoms with Crippen molar-refractivity contribution in [2.75, 3.05) is 0 Å². The predicted octanol–water partition coefficient (Wildman–Crippen LogP) is 1.56. The molecular weight excluding hydrogens is 150 g/mol. The number of fused-ring (bicyclic) bond motifs is 2. The molecule has 3 unspecified atom stereocenters. The molecule has 2 rings (SSSR count). The highest BCUT2D eigenvalue weighted by Gasteiger charge is 2.51. The molecule has 2 heteroatoms. The monoisotopic (exact) mass is 167 g/mol. The number of piperidine rings is 1. The van der Waals surface area contributed by atoms with Gasteiger partial charge in [-0.05, 0) is 24.2 Å². The second-order valence-corrected chi connectivity index (χ2v) is 4.86. The third-order valence-corrected chi connectivity index (χ3v) is 3.95. The van der Waals surface area contributed by atoms with Crippen molar-refractivity contribution in [3.05, 3.63) is 0 Å². The van der Waals surface area contributed by atoms with Gasteiger partial charge in [0.05, 0.1) is 0 Å². The van der Waals surface area contributed by atoms with Crippen molar-refractivity contribution in [2.24, 2.45) is 17.3 Å². The van der Waals surface area contributed by atoms with Gasteiger partial charge in [0, 0.05) is 12.0 Å². The predicted molar refractivity (Wildman–Crippen MR) is 47.6 cm³/mol. The molecule has 0 aromatic carbocycles. The maximum atomic E-state index is 11.4. The Hall–Kier alpha value is -0.530. The van der Waals surface area contributed by atoms with Crippen LogP contribution in [0.3, 0.4) is 0 Å². The minimum Gasteiger partial charge on any atom is -0.353 e. The van der Waals surface area contributed by atoms with Gasteiger partial charge in [0.15, 0.2) is 0 Å². The minimum atomic E-state index is 0.221. The fourth-order valence-corrected chi connectivity index (χ4v) is 2.99. The highest BCUT2D eigenvalue weighted by atomic mass is 16.2. The molecule has 68 valence electrons. The van der Waals surface area contributed by atoms with E-state index in [1.54, 1.807) is 0 Å². The summed E-state index contributed by atoms with van der Waals surface area (Å²) in [7, 11) is 0. The first-order chi connectivity index (χ1) is 5.53. The summed E-state index contributed by atoms with van der Waals surface area (Å²) in [5, 5.41) is 3.11. The molecule has 2 aliphatic rings. The van der Waals surface area contributed by atoms with E-state index in [-0.39, 0.29) is 11.8 Å². The maximum Gasteiger partial charge on any atom is 0.223 e. The van der Waals surface area contributed by atoms with E-state index < -0.39 is 0 Å². The molecule has 1 amide bonds. The van der Waals surface area contributed by atoms with Crippen LogP contribution in [0.25, 0.3) is 0 Å². The summed E-state index contributed by atoms with van der Waals surface area (Å²) in [5.74, 6) is 1.09. The smallest absolute Gasteiger partial charge is 0.223 e. The fourth-order valence-electron chi connectivity index (χ4n) is 2.99. The summed E-state index contributed by atoms with van der Waals surface area (Å²) < 4.78 is 0. The second-order valence-electron chi connectivity index (χ2n) is 4.86. The van der Waals surface area contributed by atoms with E-state index in [1.807, 2.05) is 0 Å². The Labute approximate surface area is 73.7 Å². The Balaban J connectivity index is 2.31. The van der Waals surface area contributed by atoms with Crippen LogP contribution in [0.2, 0.25) is 0 Å². The average molecular weight is 167 g/mol. The first-order valence-electron chi connectivity index (χ1n) is 4.84. The van der Waals surface area contributed by atoms with Crippen molar-refractivity contribution in [1.29, 1.82) is 0 Å². The normalized spacial score (nSPS) is 44.2. The van der Waals surface area contributed by atoms with E-state index in [2.05, 4.69) is 26.1 Å². The largest absolute Gasteiger partial charge is 0.353 e. The lowest BCUT2D eigenvalue weighted by molar-refractivity contribution is -0.132. The van der Waals surface area contributed by atoms with E-state index in [4.69, 9.17) is 0 Å². The zero-order valence-electron chi connectivity index (χ0n) is 8.05. The quantitative estimate of drug-likeness (QED) is 0.583. The van der Waals surface area contributed by atoms with Crippen molar-refractivity contribution in [3.63, 3.8) is 0 Å². The SMILES string of the molecule is CC1C(=O)NC2CCC1C2(C)C. The van der Waals surface area contributed by atoms with Crippen LogP contribution in [0.1, 0.15) is 33.6 Å². The number of hydrogen-bond donors (Lipinski definition) is 1. The second kappa shape index (κ2) is 2.24. The summed E-state index contributed by atoms with van der Waals surface area (Å²) in [6.45, 7) is 6.62. The van der Waals surface area contributed by atoms with Crippen LogP contribution in [-0.2, 0) is 4.79 Å². The van der Waals surface area contributed by atoms with Crippen LogP contribution in [0.4, 0.5) is 0 Å². The summed E-state index contributed by atoms with van der Waals surface area (Å²) in [6.07, 6.45) is 2.39. The molecule has 1 saturated carbocycles. The van der Waals surface area contributed by atoms with Gasteiger partial charge in [-0.1, -0.05) is 20.8 Å². The molecule has 0 aromatic heterocycles. The fraction of sp³-hybridized carbons (Fsp3) is 0.900. The van der Waals surface area contributed by atoms with E-state index in [1.165, 1.54) is 12.8 Å². The van der Waals surface area contributed by atoms with Gasteiger partial charge in [-0.15, -0.1) is 0 Å². The molecule has 1 N–H and O–H groups in total. The Morgan fingerprint density at radius 2 is 2.08 bits per heavy atom. The van der Waals surface area contributed by atoms with E-state index in [0.29, 0.717) is 17.4 Å².